The predicted molar refractivity (Wildman–Crippen MR) is 58.6 cm³/mol. The van der Waals surface area contributed by atoms with Gasteiger partial charge in [-0.3, -0.25) is 0 Å². The SMILES string of the molecule is CCCOc1cc(B(O)O)ccc1OC. The largest absolute Gasteiger partial charge is 0.493 e. The van der Waals surface area contributed by atoms with Gasteiger partial charge < -0.3 is 19.5 Å². The molecule has 0 saturated carbocycles. The average molecular weight is 210 g/mol. The molecule has 0 atom stereocenters. The standard InChI is InChI=1S/C10H15BO4/c1-3-6-15-10-7-8(11(12)13)4-5-9(10)14-2/h4-5,7,12-13H,3,6H2,1-2H3. The minimum atomic E-state index is -1.49. The molecule has 0 saturated heterocycles. The van der Waals surface area contributed by atoms with E-state index in [2.05, 4.69) is 0 Å². The lowest BCUT2D eigenvalue weighted by molar-refractivity contribution is 0.294. The van der Waals surface area contributed by atoms with E-state index < -0.39 is 7.12 Å². The predicted octanol–water partition coefficient (Wildman–Crippen LogP) is 0.164. The van der Waals surface area contributed by atoms with Crippen molar-refractivity contribution in [3.8, 4) is 11.5 Å². The van der Waals surface area contributed by atoms with E-state index in [-0.39, 0.29) is 0 Å². The van der Waals surface area contributed by atoms with Crippen molar-refractivity contribution in [3.05, 3.63) is 18.2 Å². The molecule has 0 aliphatic carbocycles. The van der Waals surface area contributed by atoms with Crippen molar-refractivity contribution < 1.29 is 19.5 Å². The smallest absolute Gasteiger partial charge is 0.488 e. The van der Waals surface area contributed by atoms with Crippen molar-refractivity contribution in [1.29, 1.82) is 0 Å². The van der Waals surface area contributed by atoms with E-state index in [1.165, 1.54) is 0 Å². The summed E-state index contributed by atoms with van der Waals surface area (Å²) >= 11 is 0. The third-order valence-corrected chi connectivity index (χ3v) is 1.95. The minimum Gasteiger partial charge on any atom is -0.493 e. The third-order valence-electron chi connectivity index (χ3n) is 1.95. The van der Waals surface area contributed by atoms with Crippen LogP contribution in [-0.4, -0.2) is 30.9 Å². The Bertz CT molecular complexity index is 314. The second kappa shape index (κ2) is 5.63. The first-order valence-electron chi connectivity index (χ1n) is 4.86. The third kappa shape index (κ3) is 3.14. The minimum absolute atomic E-state index is 0.391. The van der Waals surface area contributed by atoms with Crippen LogP contribution in [0.25, 0.3) is 0 Å². The Labute approximate surface area is 89.6 Å². The van der Waals surface area contributed by atoms with Gasteiger partial charge in [0, 0.05) is 0 Å². The molecule has 1 aromatic rings. The van der Waals surface area contributed by atoms with Crippen LogP contribution in [0.2, 0.25) is 0 Å². The van der Waals surface area contributed by atoms with E-state index in [0.29, 0.717) is 23.6 Å². The summed E-state index contributed by atoms with van der Waals surface area (Å²) in [5.74, 6) is 1.12. The molecule has 4 nitrogen and oxygen atoms in total. The fourth-order valence-electron chi connectivity index (χ4n) is 1.18. The number of benzene rings is 1. The van der Waals surface area contributed by atoms with Gasteiger partial charge in [0.05, 0.1) is 13.7 Å². The zero-order chi connectivity index (χ0) is 11.3. The van der Waals surface area contributed by atoms with Crippen LogP contribution < -0.4 is 14.9 Å². The molecule has 15 heavy (non-hydrogen) atoms. The van der Waals surface area contributed by atoms with Crippen molar-refractivity contribution in [2.45, 2.75) is 13.3 Å². The first-order valence-corrected chi connectivity index (χ1v) is 4.86. The maximum atomic E-state index is 9.00. The Morgan fingerprint density at radius 3 is 2.53 bits per heavy atom. The van der Waals surface area contributed by atoms with Crippen molar-refractivity contribution in [1.82, 2.24) is 0 Å². The number of hydrogen-bond acceptors (Lipinski definition) is 4. The Morgan fingerprint density at radius 2 is 2.00 bits per heavy atom. The molecule has 0 bridgehead atoms. The molecule has 0 spiro atoms. The monoisotopic (exact) mass is 210 g/mol. The molecule has 0 heterocycles. The molecule has 1 aromatic carbocycles. The molecule has 2 N–H and O–H groups in total. The molecule has 0 radical (unpaired) electrons. The molecule has 0 aliphatic heterocycles. The van der Waals surface area contributed by atoms with Crippen LogP contribution in [0.15, 0.2) is 18.2 Å². The van der Waals surface area contributed by atoms with E-state index in [1.54, 1.807) is 25.3 Å². The normalized spacial score (nSPS) is 9.87. The van der Waals surface area contributed by atoms with Crippen molar-refractivity contribution in [2.75, 3.05) is 13.7 Å². The molecule has 0 amide bonds. The average Bonchev–Trinajstić information content (AvgIpc) is 2.25. The van der Waals surface area contributed by atoms with Gasteiger partial charge in [0.2, 0.25) is 0 Å². The summed E-state index contributed by atoms with van der Waals surface area (Å²) in [4.78, 5) is 0. The fourth-order valence-corrected chi connectivity index (χ4v) is 1.18. The summed E-state index contributed by atoms with van der Waals surface area (Å²) in [5.41, 5.74) is 0.391. The summed E-state index contributed by atoms with van der Waals surface area (Å²) in [5, 5.41) is 18.0. The Morgan fingerprint density at radius 1 is 1.27 bits per heavy atom. The quantitative estimate of drug-likeness (QED) is 0.680. The molecule has 0 fully saturated rings. The Kier molecular flexibility index (Phi) is 4.46. The van der Waals surface area contributed by atoms with Crippen molar-refractivity contribution in [3.63, 3.8) is 0 Å². The van der Waals surface area contributed by atoms with Crippen LogP contribution in [0.5, 0.6) is 11.5 Å². The maximum Gasteiger partial charge on any atom is 0.488 e. The zero-order valence-corrected chi connectivity index (χ0v) is 8.93. The topological polar surface area (TPSA) is 58.9 Å². The summed E-state index contributed by atoms with van der Waals surface area (Å²) in [7, 11) is 0.0586. The van der Waals surface area contributed by atoms with Crippen LogP contribution in [-0.2, 0) is 0 Å². The van der Waals surface area contributed by atoms with Gasteiger partial charge in [0.15, 0.2) is 11.5 Å². The van der Waals surface area contributed by atoms with Gasteiger partial charge >= 0.3 is 7.12 Å². The molecule has 0 aromatic heterocycles. The highest BCUT2D eigenvalue weighted by Crippen LogP contribution is 2.25. The second-order valence-corrected chi connectivity index (χ2v) is 3.13. The first-order chi connectivity index (χ1) is 7.19. The van der Waals surface area contributed by atoms with Crippen LogP contribution in [0.1, 0.15) is 13.3 Å². The summed E-state index contributed by atoms with van der Waals surface area (Å²) in [6, 6.07) is 4.81. The second-order valence-electron chi connectivity index (χ2n) is 3.13. The van der Waals surface area contributed by atoms with Crippen LogP contribution in [0, 0.1) is 0 Å². The lowest BCUT2D eigenvalue weighted by Gasteiger charge is -2.11. The van der Waals surface area contributed by atoms with Crippen LogP contribution in [0.3, 0.4) is 0 Å². The highest BCUT2D eigenvalue weighted by Gasteiger charge is 2.14. The highest BCUT2D eigenvalue weighted by atomic mass is 16.5. The van der Waals surface area contributed by atoms with Gasteiger partial charge in [-0.25, -0.2) is 0 Å². The molecule has 0 unspecified atom stereocenters. The number of ether oxygens (including phenoxy) is 2. The van der Waals surface area contributed by atoms with Crippen molar-refractivity contribution in [2.24, 2.45) is 0 Å². The molecular formula is C10H15BO4. The summed E-state index contributed by atoms with van der Waals surface area (Å²) in [6.07, 6.45) is 0.884. The number of rotatable bonds is 5. The van der Waals surface area contributed by atoms with Crippen LogP contribution >= 0.6 is 0 Å². The van der Waals surface area contributed by atoms with Gasteiger partial charge in [-0.1, -0.05) is 13.0 Å². The molecule has 82 valence electrons. The van der Waals surface area contributed by atoms with Crippen LogP contribution in [0.4, 0.5) is 0 Å². The Balaban J connectivity index is 2.91. The fraction of sp³-hybridized carbons (Fsp3) is 0.400. The van der Waals surface area contributed by atoms with Gasteiger partial charge in [0.1, 0.15) is 0 Å². The first kappa shape index (κ1) is 11.9. The van der Waals surface area contributed by atoms with Gasteiger partial charge in [-0.2, -0.15) is 0 Å². The zero-order valence-electron chi connectivity index (χ0n) is 8.93. The number of methoxy groups -OCH3 is 1. The van der Waals surface area contributed by atoms with E-state index >= 15 is 0 Å². The van der Waals surface area contributed by atoms with Gasteiger partial charge in [-0.15, -0.1) is 0 Å². The molecule has 0 aliphatic rings. The lowest BCUT2D eigenvalue weighted by atomic mass is 9.80. The summed E-state index contributed by atoms with van der Waals surface area (Å²) < 4.78 is 10.5. The van der Waals surface area contributed by atoms with E-state index in [1.807, 2.05) is 6.92 Å². The van der Waals surface area contributed by atoms with Crippen molar-refractivity contribution >= 4 is 12.6 Å². The Hall–Kier alpha value is -1.20. The number of hydrogen-bond donors (Lipinski definition) is 2. The molecule has 5 heteroatoms. The summed E-state index contributed by atoms with van der Waals surface area (Å²) in [6.45, 7) is 2.57. The van der Waals surface area contributed by atoms with E-state index in [0.717, 1.165) is 6.42 Å². The van der Waals surface area contributed by atoms with E-state index in [4.69, 9.17) is 19.5 Å². The maximum absolute atomic E-state index is 9.00. The molecular weight excluding hydrogens is 195 g/mol. The van der Waals surface area contributed by atoms with Gasteiger partial charge in [-0.05, 0) is 24.0 Å². The highest BCUT2D eigenvalue weighted by molar-refractivity contribution is 6.58. The van der Waals surface area contributed by atoms with E-state index in [9.17, 15) is 0 Å². The molecule has 1 rings (SSSR count). The van der Waals surface area contributed by atoms with Gasteiger partial charge in [0.25, 0.3) is 0 Å². The lowest BCUT2D eigenvalue weighted by Crippen LogP contribution is -2.29.